The number of nitrogens with two attached hydrogens (primary N) is 1. The van der Waals surface area contributed by atoms with E-state index in [9.17, 15) is 34.8 Å². The van der Waals surface area contributed by atoms with Gasteiger partial charge in [0.1, 0.15) is 22.8 Å². The van der Waals surface area contributed by atoms with Crippen molar-refractivity contribution in [1.29, 1.82) is 0 Å². The Bertz CT molecular complexity index is 1340. The lowest BCUT2D eigenvalue weighted by molar-refractivity contribution is -0.148. The highest BCUT2D eigenvalue weighted by molar-refractivity contribution is 6.33. The van der Waals surface area contributed by atoms with E-state index < -0.39 is 58.0 Å². The van der Waals surface area contributed by atoms with Crippen LogP contribution in [0, 0.1) is 17.8 Å². The molecule has 0 spiro atoms. The topological polar surface area (TPSA) is 165 Å². The molecule has 4 aliphatic rings. The Hall–Kier alpha value is -2.92. The van der Waals surface area contributed by atoms with E-state index in [1.54, 1.807) is 14.1 Å². The van der Waals surface area contributed by atoms with Gasteiger partial charge in [-0.25, -0.2) is 0 Å². The number of phenols is 1. The van der Waals surface area contributed by atoms with Crippen LogP contribution in [0.2, 0.25) is 5.02 Å². The van der Waals surface area contributed by atoms with Crippen molar-refractivity contribution in [3.8, 4) is 5.75 Å². The van der Waals surface area contributed by atoms with Gasteiger partial charge in [-0.3, -0.25) is 24.2 Å². The summed E-state index contributed by atoms with van der Waals surface area (Å²) in [6, 6.07) is 0.432. The number of aromatic hydroxyl groups is 1. The van der Waals surface area contributed by atoms with Crippen LogP contribution < -0.4 is 5.73 Å². The van der Waals surface area contributed by atoms with Gasteiger partial charge in [-0.2, -0.15) is 0 Å². The number of Topliss-reactive ketones (excluding diaryl/α,β-unsaturated/α-hetero) is 2. The minimum absolute atomic E-state index is 0.0249. The Balaban J connectivity index is 1.60. The van der Waals surface area contributed by atoms with Crippen molar-refractivity contribution < 1.29 is 34.8 Å². The van der Waals surface area contributed by atoms with Crippen molar-refractivity contribution >= 4 is 29.1 Å². The number of aliphatic hydroxyl groups excluding tert-OH is 2. The largest absolute Gasteiger partial charge is 0.510 e. The normalized spacial score (nSPS) is 29.9. The molecule has 4 atom stereocenters. The predicted molar refractivity (Wildman–Crippen MR) is 142 cm³/mol. The number of benzene rings is 1. The highest BCUT2D eigenvalue weighted by atomic mass is 35.5. The van der Waals surface area contributed by atoms with Gasteiger partial charge in [0.25, 0.3) is 5.91 Å². The van der Waals surface area contributed by atoms with E-state index in [1.807, 2.05) is 0 Å². The zero-order valence-corrected chi connectivity index (χ0v) is 23.0. The fourth-order valence-electron chi connectivity index (χ4n) is 6.93. The maximum atomic E-state index is 13.8. The molecule has 1 amide bonds. The Morgan fingerprint density at radius 1 is 1.21 bits per heavy atom. The number of hydrogen-bond donors (Lipinski definition) is 5. The Kier molecular flexibility index (Phi) is 6.82. The number of allylic oxidation sites excluding steroid dienone is 1. The van der Waals surface area contributed by atoms with Gasteiger partial charge < -0.3 is 26.2 Å². The number of hydrogen-bond acceptors (Lipinski definition) is 9. The molecule has 0 radical (unpaired) electrons. The number of halogens is 1. The van der Waals surface area contributed by atoms with E-state index in [0.717, 1.165) is 25.9 Å². The molecular weight excluding hydrogens is 526 g/mol. The molecule has 1 heterocycles. The number of primary amides is 1. The molecule has 1 fully saturated rings. The Morgan fingerprint density at radius 2 is 1.85 bits per heavy atom. The van der Waals surface area contributed by atoms with Gasteiger partial charge in [0, 0.05) is 23.1 Å². The molecule has 39 heavy (non-hydrogen) atoms. The fourth-order valence-corrected chi connectivity index (χ4v) is 7.22. The number of likely N-dealkylation sites (tertiary alicyclic amines) is 1. The summed E-state index contributed by atoms with van der Waals surface area (Å²) in [7, 11) is 3.19. The number of phenolic OH excluding ortho intramolecular Hbond substituents is 1. The van der Waals surface area contributed by atoms with Gasteiger partial charge in [-0.05, 0) is 81.9 Å². The van der Waals surface area contributed by atoms with E-state index in [2.05, 4.69) is 11.8 Å². The summed E-state index contributed by atoms with van der Waals surface area (Å²) >= 11 is 6.84. The number of piperidine rings is 1. The molecule has 210 valence electrons. The lowest BCUT2D eigenvalue weighted by atomic mass is 9.58. The predicted octanol–water partition coefficient (Wildman–Crippen LogP) is 2.01. The van der Waals surface area contributed by atoms with Crippen LogP contribution in [0.1, 0.15) is 47.7 Å². The molecule has 11 heteroatoms. The first-order chi connectivity index (χ1) is 18.3. The molecule has 10 nitrogen and oxygen atoms in total. The number of ketones is 2. The van der Waals surface area contributed by atoms with E-state index >= 15 is 0 Å². The van der Waals surface area contributed by atoms with E-state index in [1.165, 1.54) is 11.0 Å². The highest BCUT2D eigenvalue weighted by Crippen LogP contribution is 2.53. The molecule has 0 saturated carbocycles. The zero-order chi connectivity index (χ0) is 28.5. The summed E-state index contributed by atoms with van der Waals surface area (Å²) in [5, 5.41) is 45.2. The third-order valence-electron chi connectivity index (χ3n) is 9.00. The van der Waals surface area contributed by atoms with Crippen LogP contribution in [0.5, 0.6) is 5.75 Å². The average molecular weight is 560 g/mol. The number of carbonyl (C=O) groups is 3. The second-order valence-corrected chi connectivity index (χ2v) is 12.0. The summed E-state index contributed by atoms with van der Waals surface area (Å²) in [5.41, 5.74) is 2.76. The van der Waals surface area contributed by atoms with Gasteiger partial charge in [0.15, 0.2) is 11.4 Å². The van der Waals surface area contributed by atoms with Crippen molar-refractivity contribution in [2.45, 2.75) is 50.8 Å². The molecule has 1 saturated heterocycles. The van der Waals surface area contributed by atoms with Crippen molar-refractivity contribution in [3.63, 3.8) is 0 Å². The van der Waals surface area contributed by atoms with Crippen molar-refractivity contribution in [3.05, 3.63) is 50.4 Å². The molecule has 0 unspecified atom stereocenters. The second-order valence-electron chi connectivity index (χ2n) is 11.6. The third-order valence-corrected chi connectivity index (χ3v) is 9.47. The van der Waals surface area contributed by atoms with Gasteiger partial charge in [0.2, 0.25) is 5.78 Å². The van der Waals surface area contributed by atoms with Crippen LogP contribution >= 0.6 is 11.6 Å². The van der Waals surface area contributed by atoms with Crippen molar-refractivity contribution in [1.82, 2.24) is 9.80 Å². The van der Waals surface area contributed by atoms with Crippen LogP contribution in [0.15, 0.2) is 28.7 Å². The summed E-state index contributed by atoms with van der Waals surface area (Å²) in [6.07, 6.45) is 2.33. The minimum Gasteiger partial charge on any atom is -0.510 e. The molecule has 1 aromatic carbocycles. The van der Waals surface area contributed by atoms with Gasteiger partial charge in [-0.1, -0.05) is 18.5 Å². The number of rotatable bonds is 4. The Labute approximate surface area is 231 Å². The minimum atomic E-state index is -2.66. The number of aliphatic hydroxyl groups is 3. The number of nitrogens with zero attached hydrogens (tertiary/aromatic N) is 2. The molecule has 1 aliphatic heterocycles. The number of amides is 1. The maximum Gasteiger partial charge on any atom is 0.255 e. The van der Waals surface area contributed by atoms with Crippen LogP contribution in [0.25, 0.3) is 0 Å². The van der Waals surface area contributed by atoms with Gasteiger partial charge in [0.05, 0.1) is 11.6 Å². The summed E-state index contributed by atoms with van der Waals surface area (Å²) in [4.78, 5) is 43.0. The molecule has 0 aromatic heterocycles. The summed E-state index contributed by atoms with van der Waals surface area (Å²) in [6.45, 7) is 4.55. The van der Waals surface area contributed by atoms with Gasteiger partial charge in [-0.15, -0.1) is 0 Å². The van der Waals surface area contributed by atoms with Gasteiger partial charge >= 0.3 is 0 Å². The molecular formula is C28H34ClN3O7. The molecule has 6 N–H and O–H groups in total. The lowest BCUT2D eigenvalue weighted by Crippen LogP contribution is -2.63. The van der Waals surface area contributed by atoms with Crippen LogP contribution in [-0.4, -0.2) is 86.5 Å². The zero-order valence-electron chi connectivity index (χ0n) is 22.2. The third kappa shape index (κ3) is 4.07. The fraction of sp³-hybridized carbons (Fsp3) is 0.536. The SMILES string of the molecule is CC1CCN(Cc2cc(O)c3c(c2Cl)C[C@H]2C[C@H]4[C@H](N(C)C)C(O)=C(C(N)=O)C(=O)[C@@]4(O)C(O)=C2C3=O)CC1. The first-order valence-corrected chi connectivity index (χ1v) is 13.6. The van der Waals surface area contributed by atoms with E-state index in [-0.39, 0.29) is 29.7 Å². The van der Waals surface area contributed by atoms with Crippen molar-refractivity contribution in [2.24, 2.45) is 23.5 Å². The second kappa shape index (κ2) is 9.62. The molecule has 1 aromatic rings. The molecule has 0 bridgehead atoms. The monoisotopic (exact) mass is 559 g/mol. The maximum absolute atomic E-state index is 13.8. The standard InChI is InChI=1S/C28H34ClN3O7/c1-12-4-6-32(7-5-12)11-14-10-17(33)19-15(21(14)29)8-13-9-16-22(31(2)3)24(35)20(27(30)38)26(37)28(16,39)25(36)18(13)23(19)34/h10,12-13,16,22,33,35-36,39H,4-9,11H2,1-3H3,(H2,30,38)/t13-,16-,22-,28-/m0/s1. The highest BCUT2D eigenvalue weighted by Gasteiger charge is 2.63. The van der Waals surface area contributed by atoms with Crippen LogP contribution in [0.4, 0.5) is 0 Å². The molecule has 3 aliphatic carbocycles. The average Bonchev–Trinajstić information content (AvgIpc) is 2.85. The quantitative estimate of drug-likeness (QED) is 0.347. The Morgan fingerprint density at radius 3 is 2.44 bits per heavy atom. The van der Waals surface area contributed by atoms with E-state index in [0.29, 0.717) is 28.6 Å². The number of likely N-dealkylation sites (N-methyl/N-ethyl adjacent to an activating group) is 1. The van der Waals surface area contributed by atoms with E-state index in [4.69, 9.17) is 17.3 Å². The van der Waals surface area contributed by atoms with Crippen molar-refractivity contribution in [2.75, 3.05) is 27.2 Å². The first kappa shape index (κ1) is 27.6. The number of carbonyl (C=O) groups excluding carboxylic acids is 3. The summed E-state index contributed by atoms with van der Waals surface area (Å²) < 4.78 is 0. The first-order valence-electron chi connectivity index (χ1n) is 13.2. The van der Waals surface area contributed by atoms with Crippen LogP contribution in [-0.2, 0) is 22.6 Å². The smallest absolute Gasteiger partial charge is 0.255 e. The number of fused-ring (bicyclic) bond motifs is 3. The lowest BCUT2D eigenvalue weighted by Gasteiger charge is -2.50. The summed E-state index contributed by atoms with van der Waals surface area (Å²) in [5.74, 6) is -6.10. The van der Waals surface area contributed by atoms with Crippen LogP contribution in [0.3, 0.4) is 0 Å². The molecule has 5 rings (SSSR count).